The van der Waals surface area contributed by atoms with Gasteiger partial charge in [0.25, 0.3) is 0 Å². The second-order valence-electron chi connectivity index (χ2n) is 7.62. The van der Waals surface area contributed by atoms with Crippen LogP contribution in [0.5, 0.6) is 0 Å². The SMILES string of the molecule is Cn1c(CO)nnc1[C@H]1CCCN(C(=O)CC2Cc3ccccc3C2)C1. The van der Waals surface area contributed by atoms with Crippen LogP contribution in [0.25, 0.3) is 0 Å². The summed E-state index contributed by atoms with van der Waals surface area (Å²) < 4.78 is 1.87. The molecule has 2 aliphatic rings. The number of aromatic nitrogens is 3. The molecule has 0 bridgehead atoms. The zero-order valence-electron chi connectivity index (χ0n) is 15.3. The summed E-state index contributed by atoms with van der Waals surface area (Å²) in [6, 6.07) is 8.53. The molecule has 1 atom stereocenters. The summed E-state index contributed by atoms with van der Waals surface area (Å²) in [5.41, 5.74) is 2.80. The summed E-state index contributed by atoms with van der Waals surface area (Å²) in [5.74, 6) is 2.34. The summed E-state index contributed by atoms with van der Waals surface area (Å²) in [6.07, 6.45) is 4.66. The minimum Gasteiger partial charge on any atom is -0.388 e. The van der Waals surface area contributed by atoms with Gasteiger partial charge in [0, 0.05) is 32.5 Å². The minimum absolute atomic E-state index is 0.110. The predicted molar refractivity (Wildman–Crippen MR) is 97.4 cm³/mol. The van der Waals surface area contributed by atoms with E-state index in [9.17, 15) is 9.90 Å². The van der Waals surface area contributed by atoms with Gasteiger partial charge in [-0.25, -0.2) is 0 Å². The number of hydrogen-bond acceptors (Lipinski definition) is 4. The van der Waals surface area contributed by atoms with Crippen LogP contribution in [-0.2, 0) is 31.3 Å². The Labute approximate surface area is 153 Å². The van der Waals surface area contributed by atoms with E-state index in [2.05, 4.69) is 34.5 Å². The Morgan fingerprint density at radius 2 is 1.96 bits per heavy atom. The van der Waals surface area contributed by atoms with Gasteiger partial charge < -0.3 is 14.6 Å². The number of aliphatic hydroxyl groups is 1. The fourth-order valence-corrected chi connectivity index (χ4v) is 4.45. The number of benzene rings is 1. The summed E-state index contributed by atoms with van der Waals surface area (Å²) in [7, 11) is 1.89. The molecule has 138 valence electrons. The minimum atomic E-state index is -0.110. The van der Waals surface area contributed by atoms with Gasteiger partial charge in [-0.15, -0.1) is 10.2 Å². The molecule has 0 unspecified atom stereocenters. The molecule has 0 spiro atoms. The summed E-state index contributed by atoms with van der Waals surface area (Å²) >= 11 is 0. The molecule has 1 aliphatic carbocycles. The molecular formula is C20H26N4O2. The Balaban J connectivity index is 1.38. The van der Waals surface area contributed by atoms with Gasteiger partial charge >= 0.3 is 0 Å². The van der Waals surface area contributed by atoms with Crippen LogP contribution in [0.1, 0.15) is 48.0 Å². The Morgan fingerprint density at radius 3 is 2.62 bits per heavy atom. The van der Waals surface area contributed by atoms with Crippen molar-refractivity contribution in [2.24, 2.45) is 13.0 Å². The number of nitrogens with zero attached hydrogens (tertiary/aromatic N) is 4. The van der Waals surface area contributed by atoms with Crippen molar-refractivity contribution in [1.29, 1.82) is 0 Å². The molecule has 0 radical (unpaired) electrons. The van der Waals surface area contributed by atoms with Crippen LogP contribution in [0.4, 0.5) is 0 Å². The van der Waals surface area contributed by atoms with E-state index < -0.39 is 0 Å². The molecule has 1 aromatic carbocycles. The highest BCUT2D eigenvalue weighted by Gasteiger charge is 2.30. The lowest BCUT2D eigenvalue weighted by molar-refractivity contribution is -0.133. The highest BCUT2D eigenvalue weighted by molar-refractivity contribution is 5.76. The Bertz CT molecular complexity index is 776. The highest BCUT2D eigenvalue weighted by Crippen LogP contribution is 2.31. The lowest BCUT2D eigenvalue weighted by Crippen LogP contribution is -2.40. The summed E-state index contributed by atoms with van der Waals surface area (Å²) in [5, 5.41) is 17.6. The molecule has 0 saturated carbocycles. The second kappa shape index (κ2) is 7.19. The zero-order valence-corrected chi connectivity index (χ0v) is 15.3. The fraction of sp³-hybridized carbons (Fsp3) is 0.550. The highest BCUT2D eigenvalue weighted by atomic mass is 16.3. The molecular weight excluding hydrogens is 328 g/mol. The molecule has 2 aromatic rings. The maximum Gasteiger partial charge on any atom is 0.222 e. The van der Waals surface area contributed by atoms with Crippen molar-refractivity contribution in [3.63, 3.8) is 0 Å². The molecule has 4 rings (SSSR count). The molecule has 6 nitrogen and oxygen atoms in total. The van der Waals surface area contributed by atoms with E-state index in [1.54, 1.807) is 0 Å². The van der Waals surface area contributed by atoms with Crippen molar-refractivity contribution in [3.05, 3.63) is 47.0 Å². The van der Waals surface area contributed by atoms with Crippen molar-refractivity contribution < 1.29 is 9.90 Å². The van der Waals surface area contributed by atoms with Gasteiger partial charge in [-0.05, 0) is 42.7 Å². The van der Waals surface area contributed by atoms with E-state index in [0.717, 1.165) is 38.1 Å². The first-order chi connectivity index (χ1) is 12.7. The number of amides is 1. The number of carbonyl (C=O) groups is 1. The largest absolute Gasteiger partial charge is 0.388 e. The molecule has 1 fully saturated rings. The van der Waals surface area contributed by atoms with Crippen LogP contribution >= 0.6 is 0 Å². The van der Waals surface area contributed by atoms with E-state index in [1.807, 2.05) is 16.5 Å². The molecule has 6 heteroatoms. The van der Waals surface area contributed by atoms with Crippen molar-refractivity contribution in [2.75, 3.05) is 13.1 Å². The Kier molecular flexibility index (Phi) is 4.76. The predicted octanol–water partition coefficient (Wildman–Crippen LogP) is 1.82. The Morgan fingerprint density at radius 1 is 1.23 bits per heavy atom. The molecule has 26 heavy (non-hydrogen) atoms. The third kappa shape index (κ3) is 3.26. The quantitative estimate of drug-likeness (QED) is 0.909. The maximum atomic E-state index is 12.9. The van der Waals surface area contributed by atoms with Gasteiger partial charge in [0.1, 0.15) is 12.4 Å². The Hall–Kier alpha value is -2.21. The monoisotopic (exact) mass is 354 g/mol. The standard InChI is InChI=1S/C20H26N4O2/c1-23-18(13-25)21-22-20(23)17-7-4-8-24(12-17)19(26)11-14-9-15-5-2-3-6-16(15)10-14/h2-3,5-6,14,17,25H,4,7-13H2,1H3/t17-/m0/s1. The number of rotatable bonds is 4. The number of aliphatic hydroxyl groups excluding tert-OH is 1. The van der Waals surface area contributed by atoms with Gasteiger partial charge in [0.2, 0.25) is 5.91 Å². The van der Waals surface area contributed by atoms with E-state index >= 15 is 0 Å². The van der Waals surface area contributed by atoms with Crippen LogP contribution in [0, 0.1) is 5.92 Å². The van der Waals surface area contributed by atoms with E-state index in [-0.39, 0.29) is 18.4 Å². The number of hydrogen-bond donors (Lipinski definition) is 1. The van der Waals surface area contributed by atoms with Crippen LogP contribution in [0.2, 0.25) is 0 Å². The average molecular weight is 354 g/mol. The van der Waals surface area contributed by atoms with Crippen LogP contribution < -0.4 is 0 Å². The van der Waals surface area contributed by atoms with Gasteiger partial charge in [-0.2, -0.15) is 0 Å². The average Bonchev–Trinajstić information content (AvgIpc) is 3.24. The van der Waals surface area contributed by atoms with E-state index in [4.69, 9.17) is 0 Å². The first-order valence-electron chi connectivity index (χ1n) is 9.49. The van der Waals surface area contributed by atoms with Crippen molar-refractivity contribution in [1.82, 2.24) is 19.7 Å². The normalized spacial score (nSPS) is 20.4. The molecule has 1 saturated heterocycles. The van der Waals surface area contributed by atoms with Crippen LogP contribution in [-0.4, -0.2) is 43.8 Å². The molecule has 1 N–H and O–H groups in total. The number of piperidine rings is 1. The van der Waals surface area contributed by atoms with Crippen molar-refractivity contribution >= 4 is 5.91 Å². The molecule has 1 aliphatic heterocycles. The molecule has 1 aromatic heterocycles. The lowest BCUT2D eigenvalue weighted by atomic mass is 9.95. The van der Waals surface area contributed by atoms with Gasteiger partial charge in [0.15, 0.2) is 5.82 Å². The topological polar surface area (TPSA) is 71.2 Å². The van der Waals surface area contributed by atoms with Crippen molar-refractivity contribution in [2.45, 2.75) is 44.6 Å². The first-order valence-corrected chi connectivity index (χ1v) is 9.49. The van der Waals surface area contributed by atoms with Gasteiger partial charge in [-0.1, -0.05) is 24.3 Å². The summed E-state index contributed by atoms with van der Waals surface area (Å²) in [4.78, 5) is 14.9. The summed E-state index contributed by atoms with van der Waals surface area (Å²) in [6.45, 7) is 1.43. The van der Waals surface area contributed by atoms with Crippen LogP contribution in [0.15, 0.2) is 24.3 Å². The smallest absolute Gasteiger partial charge is 0.222 e. The third-order valence-corrected chi connectivity index (χ3v) is 5.88. The lowest BCUT2D eigenvalue weighted by Gasteiger charge is -2.33. The first kappa shape index (κ1) is 17.2. The number of fused-ring (bicyclic) bond motifs is 1. The van der Waals surface area contributed by atoms with Crippen molar-refractivity contribution in [3.8, 4) is 0 Å². The van der Waals surface area contributed by atoms with Gasteiger partial charge in [0.05, 0.1) is 0 Å². The maximum absolute atomic E-state index is 12.9. The third-order valence-electron chi connectivity index (χ3n) is 5.88. The van der Waals surface area contributed by atoms with Crippen LogP contribution in [0.3, 0.4) is 0 Å². The number of carbonyl (C=O) groups excluding carboxylic acids is 1. The molecule has 1 amide bonds. The number of likely N-dealkylation sites (tertiary alicyclic amines) is 1. The van der Waals surface area contributed by atoms with E-state index in [1.165, 1.54) is 11.1 Å². The fourth-order valence-electron chi connectivity index (χ4n) is 4.45. The van der Waals surface area contributed by atoms with Gasteiger partial charge in [-0.3, -0.25) is 4.79 Å². The zero-order chi connectivity index (χ0) is 18.1. The second-order valence-corrected chi connectivity index (χ2v) is 7.62. The molecule has 2 heterocycles. The van der Waals surface area contributed by atoms with E-state index in [0.29, 0.717) is 24.7 Å².